The number of nitrogens with one attached hydrogen (secondary N) is 5. The summed E-state index contributed by atoms with van der Waals surface area (Å²) < 4.78 is 0. The Labute approximate surface area is 297 Å². The van der Waals surface area contributed by atoms with Gasteiger partial charge < -0.3 is 42.5 Å². The zero-order chi connectivity index (χ0) is 38.9. The van der Waals surface area contributed by atoms with Gasteiger partial charge >= 0.3 is 11.9 Å². The Balaban J connectivity index is 6.22. The van der Waals surface area contributed by atoms with Crippen molar-refractivity contribution in [3.63, 3.8) is 0 Å². The maximum Gasteiger partial charge on any atom is 0.326 e. The van der Waals surface area contributed by atoms with Gasteiger partial charge in [-0.25, -0.2) is 4.79 Å². The van der Waals surface area contributed by atoms with Crippen LogP contribution in [0.2, 0.25) is 0 Å². The molecule has 0 heterocycles. The Hall–Kier alpha value is -3.75. The number of carbonyl (C=O) groups excluding carboxylic acids is 5. The maximum atomic E-state index is 13.7. The summed E-state index contributed by atoms with van der Waals surface area (Å²) in [6.07, 6.45) is 0.346. The Bertz CT molecular complexity index is 1140. The molecular weight excluding hydrogens is 648 g/mol. The van der Waals surface area contributed by atoms with Gasteiger partial charge in [0.25, 0.3) is 0 Å². The van der Waals surface area contributed by atoms with Gasteiger partial charge in [0.2, 0.25) is 29.5 Å². The van der Waals surface area contributed by atoms with E-state index in [1.54, 1.807) is 0 Å². The summed E-state index contributed by atoms with van der Waals surface area (Å²) in [5.41, 5.74) is 6.02. The van der Waals surface area contributed by atoms with Crippen LogP contribution < -0.4 is 32.3 Å². The van der Waals surface area contributed by atoms with Crippen molar-refractivity contribution in [2.75, 3.05) is 0 Å². The Morgan fingerprint density at radius 3 is 1.04 bits per heavy atom. The molecule has 0 rings (SSSR count). The third-order valence-electron chi connectivity index (χ3n) is 7.68. The van der Waals surface area contributed by atoms with E-state index in [1.807, 2.05) is 69.2 Å². The van der Waals surface area contributed by atoms with Crippen LogP contribution in [-0.2, 0) is 33.6 Å². The number of carboxylic acids is 2. The molecule has 0 saturated carbocycles. The molecule has 15 nitrogen and oxygen atoms in total. The van der Waals surface area contributed by atoms with Gasteiger partial charge in [0.05, 0.1) is 6.04 Å². The number of amides is 5. The molecule has 0 aliphatic carbocycles. The fourth-order valence-corrected chi connectivity index (χ4v) is 5.32. The zero-order valence-corrected chi connectivity index (χ0v) is 31.6. The summed E-state index contributed by atoms with van der Waals surface area (Å²) in [6.45, 7) is 18.5. The van der Waals surface area contributed by atoms with E-state index >= 15 is 0 Å². The molecule has 0 aromatic heterocycles. The van der Waals surface area contributed by atoms with Crippen LogP contribution in [0.5, 0.6) is 0 Å². The van der Waals surface area contributed by atoms with Crippen LogP contribution in [0.3, 0.4) is 0 Å². The van der Waals surface area contributed by atoms with Crippen molar-refractivity contribution in [3.8, 4) is 0 Å². The monoisotopic (exact) mass is 712 g/mol. The maximum absolute atomic E-state index is 13.7. The molecule has 5 amide bonds. The molecule has 0 unspecified atom stereocenters. The van der Waals surface area contributed by atoms with Gasteiger partial charge in [-0.05, 0) is 68.1 Å². The quantitative estimate of drug-likeness (QED) is 0.0722. The first-order chi connectivity index (χ1) is 23.0. The van der Waals surface area contributed by atoms with Crippen molar-refractivity contribution in [2.24, 2.45) is 35.3 Å². The minimum Gasteiger partial charge on any atom is -0.481 e. The summed E-state index contributed by atoms with van der Waals surface area (Å²) in [6, 6.07) is -6.73. The van der Waals surface area contributed by atoms with Crippen LogP contribution in [0.1, 0.15) is 114 Å². The molecule has 0 saturated heterocycles. The topological polar surface area (TPSA) is 246 Å². The second kappa shape index (κ2) is 22.9. The lowest BCUT2D eigenvalue weighted by atomic mass is 9.98. The number of hydrogen-bond acceptors (Lipinski definition) is 8. The van der Waals surface area contributed by atoms with Crippen molar-refractivity contribution in [1.82, 2.24) is 26.6 Å². The summed E-state index contributed by atoms with van der Waals surface area (Å²) in [5.74, 6) is -5.93. The first kappa shape index (κ1) is 46.2. The Morgan fingerprint density at radius 2 is 0.720 bits per heavy atom. The van der Waals surface area contributed by atoms with Crippen molar-refractivity contribution >= 4 is 41.5 Å². The first-order valence-electron chi connectivity index (χ1n) is 17.8. The van der Waals surface area contributed by atoms with E-state index in [2.05, 4.69) is 26.6 Å². The molecular formula is C35H64N6O9. The van der Waals surface area contributed by atoms with E-state index in [9.17, 15) is 43.8 Å². The standard InChI is InChI=1S/C35H64N6O9/c1-18(2)13-23(36)30(44)38-25(14-19(3)4)32(46)37-24(11-12-29(42)43)31(45)39-26(15-20(5)6)33(47)40-27(16-21(7)8)34(48)41-28(35(49)50)17-22(9)10/h18-28H,11-17,36H2,1-10H3,(H,37,46)(H,38,44)(H,39,45)(H,40,47)(H,41,48)(H,42,43)(H,49,50)/t23-,24-,25-,26-,27-,28-/m0/s1. The van der Waals surface area contributed by atoms with E-state index in [0.717, 1.165) is 0 Å². The lowest BCUT2D eigenvalue weighted by Gasteiger charge is -2.28. The van der Waals surface area contributed by atoms with Gasteiger partial charge in [-0.3, -0.25) is 28.8 Å². The van der Waals surface area contributed by atoms with Crippen LogP contribution in [0, 0.1) is 29.6 Å². The normalized spacial score (nSPS) is 15.2. The summed E-state index contributed by atoms with van der Waals surface area (Å²) >= 11 is 0. The van der Waals surface area contributed by atoms with Crippen LogP contribution >= 0.6 is 0 Å². The molecule has 288 valence electrons. The molecule has 0 aliphatic heterocycles. The smallest absolute Gasteiger partial charge is 0.326 e. The van der Waals surface area contributed by atoms with Gasteiger partial charge in [0.15, 0.2) is 0 Å². The summed E-state index contributed by atoms with van der Waals surface area (Å²) in [7, 11) is 0. The van der Waals surface area contributed by atoms with Crippen molar-refractivity contribution in [3.05, 3.63) is 0 Å². The van der Waals surface area contributed by atoms with Gasteiger partial charge in [0, 0.05) is 6.42 Å². The van der Waals surface area contributed by atoms with E-state index in [1.165, 1.54) is 0 Å². The molecule has 0 aromatic carbocycles. The third-order valence-corrected chi connectivity index (χ3v) is 7.68. The fraction of sp³-hybridized carbons (Fsp3) is 0.800. The van der Waals surface area contributed by atoms with Crippen molar-refractivity contribution in [2.45, 2.75) is 150 Å². The van der Waals surface area contributed by atoms with E-state index in [4.69, 9.17) is 5.73 Å². The van der Waals surface area contributed by atoms with E-state index in [-0.39, 0.29) is 61.7 Å². The van der Waals surface area contributed by atoms with Crippen LogP contribution in [0.25, 0.3) is 0 Å². The van der Waals surface area contributed by atoms with Crippen molar-refractivity contribution < 1.29 is 43.8 Å². The SMILES string of the molecule is CC(C)C[C@H](NC(=O)[C@H](CC(C)C)NC(=O)[C@H](CC(C)C)NC(=O)[C@H](CCC(=O)O)NC(=O)[C@H](CC(C)C)NC(=O)[C@@H](N)CC(C)C)C(=O)O. The summed E-state index contributed by atoms with van der Waals surface area (Å²) in [5, 5.41) is 32.0. The van der Waals surface area contributed by atoms with Gasteiger partial charge in [-0.15, -0.1) is 0 Å². The largest absolute Gasteiger partial charge is 0.481 e. The average Bonchev–Trinajstić information content (AvgIpc) is 2.95. The fourth-order valence-electron chi connectivity index (χ4n) is 5.32. The molecule has 15 heteroatoms. The Kier molecular flexibility index (Phi) is 21.1. The molecule has 0 bridgehead atoms. The number of aliphatic carboxylic acids is 2. The number of hydrogen-bond donors (Lipinski definition) is 8. The molecule has 50 heavy (non-hydrogen) atoms. The lowest BCUT2D eigenvalue weighted by molar-refractivity contribution is -0.143. The summed E-state index contributed by atoms with van der Waals surface area (Å²) in [4.78, 5) is 90.1. The zero-order valence-electron chi connectivity index (χ0n) is 31.6. The lowest BCUT2D eigenvalue weighted by Crippen LogP contribution is -2.59. The van der Waals surface area contributed by atoms with Gasteiger partial charge in [-0.1, -0.05) is 69.2 Å². The number of rotatable bonds is 24. The third kappa shape index (κ3) is 19.4. The van der Waals surface area contributed by atoms with Gasteiger partial charge in [-0.2, -0.15) is 0 Å². The molecule has 0 aromatic rings. The van der Waals surface area contributed by atoms with E-state index in [0.29, 0.717) is 6.42 Å². The Morgan fingerprint density at radius 1 is 0.440 bits per heavy atom. The number of nitrogens with two attached hydrogens (primary N) is 1. The van der Waals surface area contributed by atoms with Crippen LogP contribution in [0.4, 0.5) is 0 Å². The predicted molar refractivity (Wildman–Crippen MR) is 189 cm³/mol. The minimum atomic E-state index is -1.38. The van der Waals surface area contributed by atoms with Crippen LogP contribution in [-0.4, -0.2) is 87.9 Å². The molecule has 0 spiro atoms. The molecule has 0 aliphatic rings. The highest BCUT2D eigenvalue weighted by Gasteiger charge is 2.34. The average molecular weight is 713 g/mol. The number of carboxylic acid groups (broad SMARTS) is 2. The first-order valence-corrected chi connectivity index (χ1v) is 17.8. The minimum absolute atomic E-state index is 0.0193. The van der Waals surface area contributed by atoms with Gasteiger partial charge in [0.1, 0.15) is 30.2 Å². The van der Waals surface area contributed by atoms with Crippen LogP contribution in [0.15, 0.2) is 0 Å². The second-order valence-electron chi connectivity index (χ2n) is 15.3. The highest BCUT2D eigenvalue weighted by Crippen LogP contribution is 2.13. The number of carbonyl (C=O) groups is 7. The molecule has 0 fully saturated rings. The van der Waals surface area contributed by atoms with Crippen molar-refractivity contribution in [1.29, 1.82) is 0 Å². The molecule has 6 atom stereocenters. The highest BCUT2D eigenvalue weighted by atomic mass is 16.4. The molecule has 0 radical (unpaired) electrons. The second-order valence-corrected chi connectivity index (χ2v) is 15.3. The molecule has 9 N–H and O–H groups in total. The highest BCUT2D eigenvalue weighted by molar-refractivity contribution is 5.96. The predicted octanol–water partition coefficient (Wildman–Crippen LogP) is 1.92. The van der Waals surface area contributed by atoms with E-state index < -0.39 is 84.1 Å².